The minimum absolute atomic E-state index is 0.139. The molecule has 0 spiro atoms. The molecular formula is C12H17F3N2S. The van der Waals surface area contributed by atoms with Crippen LogP contribution in [0.4, 0.5) is 13.2 Å². The fourth-order valence-corrected chi connectivity index (χ4v) is 2.30. The number of alkyl halides is 3. The van der Waals surface area contributed by atoms with Gasteiger partial charge in [0.1, 0.15) is 0 Å². The molecule has 1 unspecified atom stereocenters. The third-order valence-corrected chi connectivity index (χ3v) is 3.63. The summed E-state index contributed by atoms with van der Waals surface area (Å²) < 4.78 is 37.2. The highest BCUT2D eigenvalue weighted by atomic mass is 32.2. The molecule has 0 fully saturated rings. The lowest BCUT2D eigenvalue weighted by Crippen LogP contribution is -2.30. The van der Waals surface area contributed by atoms with Gasteiger partial charge >= 0.3 is 6.18 Å². The molecule has 18 heavy (non-hydrogen) atoms. The molecule has 2 nitrogen and oxygen atoms in total. The highest BCUT2D eigenvalue weighted by Crippen LogP contribution is 2.30. The van der Waals surface area contributed by atoms with E-state index in [1.54, 1.807) is 11.8 Å². The Kier molecular flexibility index (Phi) is 5.49. The molecule has 0 radical (unpaired) electrons. The summed E-state index contributed by atoms with van der Waals surface area (Å²) in [6.07, 6.45) is -4.29. The standard InChI is InChI=1S/C12H17F3N2S/c1-8(2)18-7-11(17-16)9-3-5-10(6-4-9)12(13,14)15/h3-6,8,11,17H,7,16H2,1-2H3. The zero-order valence-corrected chi connectivity index (χ0v) is 11.1. The average Bonchev–Trinajstić information content (AvgIpc) is 2.29. The Morgan fingerprint density at radius 3 is 2.17 bits per heavy atom. The van der Waals surface area contributed by atoms with Gasteiger partial charge in [0.25, 0.3) is 0 Å². The molecule has 0 aliphatic rings. The van der Waals surface area contributed by atoms with Crippen LogP contribution in [0.5, 0.6) is 0 Å². The van der Waals surface area contributed by atoms with Crippen molar-refractivity contribution in [1.82, 2.24) is 5.43 Å². The van der Waals surface area contributed by atoms with E-state index in [9.17, 15) is 13.2 Å². The minimum atomic E-state index is -4.29. The zero-order valence-electron chi connectivity index (χ0n) is 10.3. The number of hydrogen-bond acceptors (Lipinski definition) is 3. The van der Waals surface area contributed by atoms with Crippen LogP contribution in [0.3, 0.4) is 0 Å². The van der Waals surface area contributed by atoms with E-state index in [1.165, 1.54) is 12.1 Å². The van der Waals surface area contributed by atoms with Gasteiger partial charge in [-0.05, 0) is 22.9 Å². The minimum Gasteiger partial charge on any atom is -0.271 e. The topological polar surface area (TPSA) is 38.0 Å². The number of thioether (sulfide) groups is 1. The number of rotatable bonds is 5. The Bertz CT molecular complexity index is 363. The summed E-state index contributed by atoms with van der Waals surface area (Å²) in [6, 6.07) is 4.96. The third-order valence-electron chi connectivity index (χ3n) is 2.44. The molecule has 3 N–H and O–H groups in total. The van der Waals surface area contributed by atoms with Crippen molar-refractivity contribution in [3.05, 3.63) is 35.4 Å². The van der Waals surface area contributed by atoms with E-state index >= 15 is 0 Å². The van der Waals surface area contributed by atoms with E-state index in [2.05, 4.69) is 19.3 Å². The van der Waals surface area contributed by atoms with Gasteiger partial charge in [0.05, 0.1) is 11.6 Å². The largest absolute Gasteiger partial charge is 0.416 e. The summed E-state index contributed by atoms with van der Waals surface area (Å²) >= 11 is 1.70. The number of nitrogens with one attached hydrogen (secondary N) is 1. The number of hydrogen-bond donors (Lipinski definition) is 2. The van der Waals surface area contributed by atoms with Crippen LogP contribution >= 0.6 is 11.8 Å². The van der Waals surface area contributed by atoms with Crippen molar-refractivity contribution in [1.29, 1.82) is 0 Å². The Hall–Kier alpha value is -0.720. The van der Waals surface area contributed by atoms with Crippen molar-refractivity contribution in [2.24, 2.45) is 5.84 Å². The fourth-order valence-electron chi connectivity index (χ4n) is 1.43. The molecule has 0 aromatic heterocycles. The van der Waals surface area contributed by atoms with Gasteiger partial charge in [0.2, 0.25) is 0 Å². The molecule has 102 valence electrons. The van der Waals surface area contributed by atoms with Gasteiger partial charge in [0, 0.05) is 5.75 Å². The normalized spacial score (nSPS) is 13.9. The molecule has 0 amide bonds. The first-order valence-electron chi connectivity index (χ1n) is 5.59. The van der Waals surface area contributed by atoms with Crippen LogP contribution in [0.15, 0.2) is 24.3 Å². The highest BCUT2D eigenvalue weighted by Gasteiger charge is 2.30. The van der Waals surface area contributed by atoms with Crippen molar-refractivity contribution in [2.75, 3.05) is 5.75 Å². The highest BCUT2D eigenvalue weighted by molar-refractivity contribution is 7.99. The summed E-state index contributed by atoms with van der Waals surface area (Å²) in [5.74, 6) is 6.15. The van der Waals surface area contributed by atoms with Gasteiger partial charge in [-0.3, -0.25) is 11.3 Å². The first-order chi connectivity index (χ1) is 8.34. The van der Waals surface area contributed by atoms with Crippen LogP contribution in [0.2, 0.25) is 0 Å². The van der Waals surface area contributed by atoms with Crippen LogP contribution in [-0.2, 0) is 6.18 Å². The summed E-state index contributed by atoms with van der Waals surface area (Å²) in [4.78, 5) is 0. The lowest BCUT2D eigenvalue weighted by Gasteiger charge is -2.18. The lowest BCUT2D eigenvalue weighted by molar-refractivity contribution is -0.137. The molecule has 1 aromatic rings. The zero-order chi connectivity index (χ0) is 13.8. The summed E-state index contributed by atoms with van der Waals surface area (Å²) in [5.41, 5.74) is 2.75. The van der Waals surface area contributed by atoms with Crippen LogP contribution in [0.1, 0.15) is 31.0 Å². The van der Waals surface area contributed by atoms with Gasteiger partial charge in [-0.25, -0.2) is 0 Å². The van der Waals surface area contributed by atoms with Crippen LogP contribution < -0.4 is 11.3 Å². The molecule has 1 rings (SSSR count). The first kappa shape index (κ1) is 15.3. The van der Waals surface area contributed by atoms with Gasteiger partial charge in [-0.1, -0.05) is 26.0 Å². The van der Waals surface area contributed by atoms with Gasteiger partial charge in [-0.15, -0.1) is 0 Å². The Morgan fingerprint density at radius 2 is 1.78 bits per heavy atom. The predicted octanol–water partition coefficient (Wildman–Crippen LogP) is 3.35. The van der Waals surface area contributed by atoms with Gasteiger partial charge < -0.3 is 0 Å². The number of halogens is 3. The Morgan fingerprint density at radius 1 is 1.22 bits per heavy atom. The van der Waals surface area contributed by atoms with Crippen LogP contribution in [-0.4, -0.2) is 11.0 Å². The maximum atomic E-state index is 12.4. The second-order valence-electron chi connectivity index (χ2n) is 4.22. The second-order valence-corrected chi connectivity index (χ2v) is 5.83. The van der Waals surface area contributed by atoms with E-state index in [-0.39, 0.29) is 6.04 Å². The molecule has 0 aliphatic heterocycles. The fraction of sp³-hybridized carbons (Fsp3) is 0.500. The first-order valence-corrected chi connectivity index (χ1v) is 6.64. The quantitative estimate of drug-likeness (QED) is 0.641. The number of hydrazine groups is 1. The predicted molar refractivity (Wildman–Crippen MR) is 69.1 cm³/mol. The second kappa shape index (κ2) is 6.45. The van der Waals surface area contributed by atoms with Crippen molar-refractivity contribution in [3.63, 3.8) is 0 Å². The van der Waals surface area contributed by atoms with Crippen molar-refractivity contribution >= 4 is 11.8 Å². The van der Waals surface area contributed by atoms with E-state index in [0.29, 0.717) is 5.25 Å². The third kappa shape index (κ3) is 4.51. The molecule has 0 heterocycles. The molecule has 0 saturated heterocycles. The Balaban J connectivity index is 2.76. The summed E-state index contributed by atoms with van der Waals surface area (Å²) in [6.45, 7) is 4.12. The van der Waals surface area contributed by atoms with Crippen molar-refractivity contribution in [2.45, 2.75) is 31.3 Å². The maximum Gasteiger partial charge on any atom is 0.416 e. The van der Waals surface area contributed by atoms with E-state index in [4.69, 9.17) is 5.84 Å². The summed E-state index contributed by atoms with van der Waals surface area (Å²) in [7, 11) is 0. The van der Waals surface area contributed by atoms with E-state index < -0.39 is 11.7 Å². The van der Waals surface area contributed by atoms with Crippen LogP contribution in [0, 0.1) is 0 Å². The van der Waals surface area contributed by atoms with Crippen molar-refractivity contribution in [3.8, 4) is 0 Å². The van der Waals surface area contributed by atoms with Gasteiger partial charge in [0.15, 0.2) is 0 Å². The monoisotopic (exact) mass is 278 g/mol. The van der Waals surface area contributed by atoms with Gasteiger partial charge in [-0.2, -0.15) is 24.9 Å². The van der Waals surface area contributed by atoms with Crippen LogP contribution in [0.25, 0.3) is 0 Å². The SMILES string of the molecule is CC(C)SCC(NN)c1ccc(C(F)(F)F)cc1. The average molecular weight is 278 g/mol. The molecule has 0 bridgehead atoms. The Labute approximate surface area is 109 Å². The maximum absolute atomic E-state index is 12.4. The molecular weight excluding hydrogens is 261 g/mol. The molecule has 6 heteroatoms. The van der Waals surface area contributed by atoms with E-state index in [0.717, 1.165) is 23.4 Å². The number of nitrogens with two attached hydrogens (primary N) is 1. The summed E-state index contributed by atoms with van der Waals surface area (Å²) in [5, 5.41) is 0.454. The smallest absolute Gasteiger partial charge is 0.271 e. The lowest BCUT2D eigenvalue weighted by atomic mass is 10.1. The molecule has 0 aliphatic carbocycles. The van der Waals surface area contributed by atoms with Crippen molar-refractivity contribution < 1.29 is 13.2 Å². The molecule has 1 atom stereocenters. The number of benzene rings is 1. The molecule has 1 aromatic carbocycles. The van der Waals surface area contributed by atoms with E-state index in [1.807, 2.05) is 0 Å². The molecule has 0 saturated carbocycles.